The molecule has 1 heterocycles. The quantitative estimate of drug-likeness (QED) is 0.890. The lowest BCUT2D eigenvalue weighted by atomic mass is 10.0. The van der Waals surface area contributed by atoms with E-state index >= 15 is 0 Å². The van der Waals surface area contributed by atoms with Gasteiger partial charge in [-0.25, -0.2) is 0 Å². The van der Waals surface area contributed by atoms with Crippen molar-refractivity contribution in [1.82, 2.24) is 4.90 Å². The van der Waals surface area contributed by atoms with Crippen LogP contribution in [0.25, 0.3) is 0 Å². The van der Waals surface area contributed by atoms with Crippen LogP contribution in [-0.4, -0.2) is 36.7 Å². The SMILES string of the molecule is Cc1ccc([C@H](CN)N2C[C@@H](C)O[C@@H](C)C2)cc1. The predicted molar refractivity (Wildman–Crippen MR) is 74.6 cm³/mol. The number of nitrogens with two attached hydrogens (primary N) is 1. The first-order chi connectivity index (χ1) is 8.60. The minimum Gasteiger partial charge on any atom is -0.373 e. The summed E-state index contributed by atoms with van der Waals surface area (Å²) < 4.78 is 5.78. The molecule has 2 rings (SSSR count). The molecule has 18 heavy (non-hydrogen) atoms. The van der Waals surface area contributed by atoms with Crippen LogP contribution in [0.1, 0.15) is 31.0 Å². The van der Waals surface area contributed by atoms with Gasteiger partial charge in [0.05, 0.1) is 12.2 Å². The largest absolute Gasteiger partial charge is 0.373 e. The summed E-state index contributed by atoms with van der Waals surface area (Å²) in [6.45, 7) is 8.94. The molecule has 0 saturated carbocycles. The Morgan fingerprint density at radius 2 is 1.78 bits per heavy atom. The first-order valence-electron chi connectivity index (χ1n) is 6.76. The third kappa shape index (κ3) is 3.10. The molecular weight excluding hydrogens is 224 g/mol. The summed E-state index contributed by atoms with van der Waals surface area (Å²) in [6.07, 6.45) is 0.571. The molecule has 0 aliphatic carbocycles. The van der Waals surface area contributed by atoms with Crippen molar-refractivity contribution in [2.45, 2.75) is 39.0 Å². The minimum atomic E-state index is 0.285. The van der Waals surface area contributed by atoms with Crippen LogP contribution in [0.5, 0.6) is 0 Å². The number of nitrogens with zero attached hydrogens (tertiary/aromatic N) is 1. The maximum atomic E-state index is 5.98. The van der Waals surface area contributed by atoms with Crippen LogP contribution >= 0.6 is 0 Å². The maximum absolute atomic E-state index is 5.98. The van der Waals surface area contributed by atoms with Crippen LogP contribution < -0.4 is 5.73 Å². The Hall–Kier alpha value is -0.900. The third-order valence-corrected chi connectivity index (χ3v) is 3.57. The van der Waals surface area contributed by atoms with Crippen molar-refractivity contribution in [3.8, 4) is 0 Å². The van der Waals surface area contributed by atoms with E-state index in [1.807, 2.05) is 0 Å². The van der Waals surface area contributed by atoms with E-state index < -0.39 is 0 Å². The molecule has 1 fully saturated rings. The van der Waals surface area contributed by atoms with E-state index in [1.165, 1.54) is 11.1 Å². The second-order valence-corrected chi connectivity index (χ2v) is 5.37. The average Bonchev–Trinajstić information content (AvgIpc) is 2.31. The van der Waals surface area contributed by atoms with Gasteiger partial charge in [-0.1, -0.05) is 29.8 Å². The van der Waals surface area contributed by atoms with Crippen LogP contribution in [0, 0.1) is 6.92 Å². The highest BCUT2D eigenvalue weighted by molar-refractivity contribution is 5.24. The summed E-state index contributed by atoms with van der Waals surface area (Å²) in [4.78, 5) is 2.45. The number of morpholine rings is 1. The highest BCUT2D eigenvalue weighted by atomic mass is 16.5. The van der Waals surface area contributed by atoms with Gasteiger partial charge in [-0.05, 0) is 26.3 Å². The van der Waals surface area contributed by atoms with Crippen molar-refractivity contribution >= 4 is 0 Å². The van der Waals surface area contributed by atoms with Crippen LogP contribution in [0.4, 0.5) is 0 Å². The molecule has 1 aromatic carbocycles. The minimum absolute atomic E-state index is 0.285. The average molecular weight is 248 g/mol. The van der Waals surface area contributed by atoms with Crippen molar-refractivity contribution in [2.24, 2.45) is 5.73 Å². The second-order valence-electron chi connectivity index (χ2n) is 5.37. The van der Waals surface area contributed by atoms with Gasteiger partial charge in [0.25, 0.3) is 0 Å². The summed E-state index contributed by atoms with van der Waals surface area (Å²) in [5.74, 6) is 0. The molecule has 100 valence electrons. The number of hydrogen-bond acceptors (Lipinski definition) is 3. The molecule has 0 amide bonds. The van der Waals surface area contributed by atoms with Gasteiger partial charge in [0.15, 0.2) is 0 Å². The highest BCUT2D eigenvalue weighted by Gasteiger charge is 2.27. The summed E-state index contributed by atoms with van der Waals surface area (Å²) in [6, 6.07) is 9.01. The van der Waals surface area contributed by atoms with Gasteiger partial charge < -0.3 is 10.5 Å². The second kappa shape index (κ2) is 5.83. The standard InChI is InChI=1S/C15H24N2O/c1-11-4-6-14(7-5-11)15(8-16)17-9-12(2)18-13(3)10-17/h4-7,12-13,15H,8-10,16H2,1-3H3/t12-,13+,15-/m0/s1. The zero-order valence-corrected chi connectivity index (χ0v) is 11.6. The molecule has 0 spiro atoms. The molecule has 1 saturated heterocycles. The molecule has 1 aliphatic heterocycles. The van der Waals surface area contributed by atoms with Gasteiger partial charge in [-0.3, -0.25) is 4.90 Å². The smallest absolute Gasteiger partial charge is 0.0678 e. The Balaban J connectivity index is 2.14. The maximum Gasteiger partial charge on any atom is 0.0678 e. The Labute approximate surface area is 110 Å². The molecule has 0 unspecified atom stereocenters. The van der Waals surface area contributed by atoms with Crippen LogP contribution in [0.15, 0.2) is 24.3 Å². The van der Waals surface area contributed by atoms with Crippen LogP contribution in [0.3, 0.4) is 0 Å². The van der Waals surface area contributed by atoms with Crippen molar-refractivity contribution in [3.05, 3.63) is 35.4 Å². The van der Waals surface area contributed by atoms with Crippen LogP contribution in [-0.2, 0) is 4.74 Å². The third-order valence-electron chi connectivity index (χ3n) is 3.57. The molecule has 1 aromatic rings. The Bertz CT molecular complexity index is 367. The Morgan fingerprint density at radius 3 is 2.28 bits per heavy atom. The van der Waals surface area contributed by atoms with E-state index in [9.17, 15) is 0 Å². The lowest BCUT2D eigenvalue weighted by molar-refractivity contribution is -0.0799. The summed E-state index contributed by atoms with van der Waals surface area (Å²) in [7, 11) is 0. The zero-order chi connectivity index (χ0) is 13.1. The molecule has 2 N–H and O–H groups in total. The number of ether oxygens (including phenoxy) is 1. The molecule has 0 aromatic heterocycles. The first kappa shape index (κ1) is 13.5. The summed E-state index contributed by atoms with van der Waals surface area (Å²) in [5, 5.41) is 0. The summed E-state index contributed by atoms with van der Waals surface area (Å²) >= 11 is 0. The predicted octanol–water partition coefficient (Wildman–Crippen LogP) is 2.10. The van der Waals surface area contributed by atoms with Crippen molar-refractivity contribution < 1.29 is 4.74 Å². The number of rotatable bonds is 3. The fourth-order valence-corrected chi connectivity index (χ4v) is 2.76. The van der Waals surface area contributed by atoms with E-state index in [4.69, 9.17) is 10.5 Å². The van der Waals surface area contributed by atoms with Crippen molar-refractivity contribution in [1.29, 1.82) is 0 Å². The van der Waals surface area contributed by atoms with Gasteiger partial charge in [-0.2, -0.15) is 0 Å². The number of hydrogen-bond donors (Lipinski definition) is 1. The lowest BCUT2D eigenvalue weighted by Gasteiger charge is -2.40. The molecule has 3 heteroatoms. The monoisotopic (exact) mass is 248 g/mol. The molecule has 3 nitrogen and oxygen atoms in total. The fraction of sp³-hybridized carbons (Fsp3) is 0.600. The van der Waals surface area contributed by atoms with E-state index in [0.29, 0.717) is 12.6 Å². The Kier molecular flexibility index (Phi) is 4.38. The number of aryl methyl sites for hydroxylation is 1. The van der Waals surface area contributed by atoms with Gasteiger partial charge in [0.2, 0.25) is 0 Å². The number of benzene rings is 1. The first-order valence-corrected chi connectivity index (χ1v) is 6.76. The molecule has 3 atom stereocenters. The summed E-state index contributed by atoms with van der Waals surface area (Å²) in [5.41, 5.74) is 8.58. The zero-order valence-electron chi connectivity index (χ0n) is 11.6. The Morgan fingerprint density at radius 1 is 1.22 bits per heavy atom. The normalized spacial score (nSPS) is 27.1. The fourth-order valence-electron chi connectivity index (χ4n) is 2.76. The van der Waals surface area contributed by atoms with Crippen molar-refractivity contribution in [2.75, 3.05) is 19.6 Å². The topological polar surface area (TPSA) is 38.5 Å². The van der Waals surface area contributed by atoms with Gasteiger partial charge in [0.1, 0.15) is 0 Å². The molecule has 1 aliphatic rings. The van der Waals surface area contributed by atoms with E-state index in [0.717, 1.165) is 13.1 Å². The van der Waals surface area contributed by atoms with Crippen molar-refractivity contribution in [3.63, 3.8) is 0 Å². The molecule has 0 radical (unpaired) electrons. The van der Waals surface area contributed by atoms with Crippen LogP contribution in [0.2, 0.25) is 0 Å². The molecular formula is C15H24N2O. The van der Waals surface area contributed by atoms with E-state index in [1.54, 1.807) is 0 Å². The lowest BCUT2D eigenvalue weighted by Crippen LogP contribution is -2.48. The van der Waals surface area contributed by atoms with E-state index in [2.05, 4.69) is 49.9 Å². The molecule has 0 bridgehead atoms. The highest BCUT2D eigenvalue weighted by Crippen LogP contribution is 2.24. The van der Waals surface area contributed by atoms with Gasteiger partial charge >= 0.3 is 0 Å². The van der Waals surface area contributed by atoms with Gasteiger partial charge in [0, 0.05) is 25.7 Å². The van der Waals surface area contributed by atoms with Gasteiger partial charge in [-0.15, -0.1) is 0 Å². The van der Waals surface area contributed by atoms with E-state index in [-0.39, 0.29) is 12.2 Å².